The van der Waals surface area contributed by atoms with E-state index >= 15 is 0 Å². The Bertz CT molecular complexity index is 1420. The van der Waals surface area contributed by atoms with Gasteiger partial charge in [-0.1, -0.05) is 12.8 Å². The second-order valence-electron chi connectivity index (χ2n) is 9.67. The molecule has 7 N–H and O–H groups in total. The zero-order valence-electron chi connectivity index (χ0n) is 21.5. The van der Waals surface area contributed by atoms with Gasteiger partial charge in [-0.15, -0.1) is 4.36 Å². The van der Waals surface area contributed by atoms with Crippen molar-refractivity contribution in [1.29, 1.82) is 0 Å². The number of aromatic nitrogens is 4. The fraction of sp³-hybridized carbons (Fsp3) is 0.700. The molecule has 6 atom stereocenters. The highest BCUT2D eigenvalue weighted by Gasteiger charge is 2.57. The van der Waals surface area contributed by atoms with E-state index in [1.54, 1.807) is 0 Å². The molecule has 2 aromatic heterocycles. The Balaban J connectivity index is 1.60. The van der Waals surface area contributed by atoms with Gasteiger partial charge in [-0.2, -0.15) is 15.1 Å². The van der Waals surface area contributed by atoms with Gasteiger partial charge in [0.05, 0.1) is 24.8 Å². The molecule has 1 saturated heterocycles. The number of hydrogen-bond donors (Lipinski definition) is 6. The van der Waals surface area contributed by atoms with Gasteiger partial charge in [0.25, 0.3) is 5.34 Å². The molecule has 1 unspecified atom stereocenters. The summed E-state index contributed by atoms with van der Waals surface area (Å²) in [6, 6.07) is 0.199. The minimum absolute atomic E-state index is 0.0941. The van der Waals surface area contributed by atoms with Crippen LogP contribution in [0.4, 0.5) is 5.82 Å². The predicted octanol–water partition coefficient (Wildman–Crippen LogP) is -0.511. The van der Waals surface area contributed by atoms with E-state index in [0.717, 1.165) is 39.0 Å². The van der Waals surface area contributed by atoms with Crippen LogP contribution in [0.15, 0.2) is 10.6 Å². The largest absolute Gasteiger partial charge is 0.387 e. The summed E-state index contributed by atoms with van der Waals surface area (Å²) in [6.45, 7) is -1.83. The van der Waals surface area contributed by atoms with E-state index in [4.69, 9.17) is 31.0 Å². The maximum atomic E-state index is 12.7. The molecule has 0 radical (unpaired) electrons. The summed E-state index contributed by atoms with van der Waals surface area (Å²) in [6.07, 6.45) is 0.390. The van der Waals surface area contributed by atoms with Crippen LogP contribution in [-0.4, -0.2) is 106 Å². The van der Waals surface area contributed by atoms with Crippen molar-refractivity contribution in [3.05, 3.63) is 11.5 Å². The Morgan fingerprint density at radius 2 is 2.02 bits per heavy atom. The number of amides is 1. The minimum Gasteiger partial charge on any atom is -0.387 e. The van der Waals surface area contributed by atoms with Gasteiger partial charge in [0.2, 0.25) is 5.28 Å². The van der Waals surface area contributed by atoms with Gasteiger partial charge < -0.3 is 39.5 Å². The van der Waals surface area contributed by atoms with E-state index in [-0.39, 0.29) is 17.0 Å². The van der Waals surface area contributed by atoms with Gasteiger partial charge in [0, 0.05) is 19.4 Å². The number of aliphatic hydroxyl groups excluding tert-OH is 2. The first-order valence-corrected chi connectivity index (χ1v) is 16.1. The maximum absolute atomic E-state index is 12.7. The number of nitrogens with zero attached hydrogens (tertiary/aromatic N) is 5. The zero-order valence-corrected chi connectivity index (χ0v) is 24.0. The Kier molecular flexibility index (Phi) is 9.19. The summed E-state index contributed by atoms with van der Waals surface area (Å²) in [4.78, 5) is 41.1. The van der Waals surface area contributed by atoms with E-state index in [1.807, 2.05) is 0 Å². The summed E-state index contributed by atoms with van der Waals surface area (Å²) in [5.74, 6) is -1.18. The lowest BCUT2D eigenvalue weighted by atomic mass is 10.1. The second kappa shape index (κ2) is 11.8. The third-order valence-electron chi connectivity index (χ3n) is 6.60. The number of hydrogen-bond acceptors (Lipinski definition) is 12. The van der Waals surface area contributed by atoms with Gasteiger partial charge in [-0.25, -0.2) is 14.0 Å². The third-order valence-corrected chi connectivity index (χ3v) is 8.68. The van der Waals surface area contributed by atoms with Crippen LogP contribution in [0.25, 0.3) is 11.0 Å². The summed E-state index contributed by atoms with van der Waals surface area (Å²) in [7, 11) is -8.09. The molecule has 20 heteroatoms. The van der Waals surface area contributed by atoms with Crippen molar-refractivity contribution in [2.24, 2.45) is 9.50 Å². The lowest BCUT2D eigenvalue weighted by Crippen LogP contribution is -2.48. The van der Waals surface area contributed by atoms with E-state index in [0.29, 0.717) is 11.2 Å². The van der Waals surface area contributed by atoms with Crippen molar-refractivity contribution in [3.63, 3.8) is 0 Å². The molecule has 2 fully saturated rings. The van der Waals surface area contributed by atoms with Crippen LogP contribution in [0, 0.1) is 0 Å². The van der Waals surface area contributed by atoms with Gasteiger partial charge in [0.1, 0.15) is 34.0 Å². The number of carbonyl (C=O) groups is 1. The maximum Gasteiger partial charge on any atom is 0.369 e. The van der Waals surface area contributed by atoms with Crippen LogP contribution in [-0.2, 0) is 33.5 Å². The first-order chi connectivity index (χ1) is 18.7. The molecule has 2 aliphatic rings. The molecule has 17 nitrogen and oxygen atoms in total. The topological polar surface area (TPSA) is 254 Å². The summed E-state index contributed by atoms with van der Waals surface area (Å²) in [5, 5.41) is 31.6. The van der Waals surface area contributed by atoms with Crippen molar-refractivity contribution in [2.75, 3.05) is 31.9 Å². The fourth-order valence-corrected chi connectivity index (χ4v) is 6.19. The number of nitrogens with two attached hydrogens (primary N) is 1. The zero-order chi connectivity index (χ0) is 29.5. The number of rotatable bonds is 10. The van der Waals surface area contributed by atoms with Gasteiger partial charge >= 0.3 is 13.5 Å². The monoisotopic (exact) mass is 627 g/mol. The Morgan fingerprint density at radius 1 is 1.35 bits per heavy atom. The molecular formula is C20H31ClN7O10PS. The van der Waals surface area contributed by atoms with Gasteiger partial charge in [0.15, 0.2) is 11.9 Å². The standard InChI is InChI=1S/C20H31ClN7O10PS/c1-36-9-20(39(32,33)34,18(31)27-40(2,22)35)37-8-12-13(29)14(30)17(38-12)28-16-11(7-23-28)15(25-19(21)26-16)24-10-5-3-4-6-10/h7,10,12-14,17,29-30H,3-6,8-9H2,1-2H3,(H,24,25,26)(H2,32,33,34)(H2,22,27,31,35)/t12-,13-,14-,17-,20-,40?/m1/s1. The molecule has 40 heavy (non-hydrogen) atoms. The van der Waals surface area contributed by atoms with E-state index in [9.17, 15) is 33.6 Å². The average Bonchev–Trinajstić information content (AvgIpc) is 3.56. The highest BCUT2D eigenvalue weighted by molar-refractivity contribution is 7.91. The van der Waals surface area contributed by atoms with Gasteiger partial charge in [-0.3, -0.25) is 9.36 Å². The SMILES string of the molecule is COC[C@](OC[C@H]1O[C@@H](n2ncc3c(NC4CCCC4)nc(Cl)nc32)[C@H](O)[C@@H]1O)(C(=O)N=S(C)(N)=O)P(=O)(O)O. The number of nitrogens with one attached hydrogen (secondary N) is 1. The molecule has 1 aliphatic heterocycles. The van der Waals surface area contributed by atoms with E-state index in [2.05, 4.69) is 24.7 Å². The van der Waals surface area contributed by atoms with Crippen molar-refractivity contribution in [1.82, 2.24) is 19.7 Å². The third kappa shape index (κ3) is 6.32. The molecule has 0 bridgehead atoms. The fourth-order valence-electron chi connectivity index (χ4n) is 4.64. The van der Waals surface area contributed by atoms with Crippen molar-refractivity contribution in [3.8, 4) is 0 Å². The van der Waals surface area contributed by atoms with Crippen LogP contribution < -0.4 is 10.5 Å². The summed E-state index contributed by atoms with van der Waals surface area (Å²) >= 11 is 6.15. The number of carbonyl (C=O) groups excluding carboxylic acids is 1. The predicted molar refractivity (Wildman–Crippen MR) is 140 cm³/mol. The van der Waals surface area contributed by atoms with Crippen LogP contribution in [0.1, 0.15) is 31.9 Å². The van der Waals surface area contributed by atoms with E-state index < -0.39 is 66.5 Å². The molecule has 224 valence electrons. The molecule has 0 aromatic carbocycles. The molecular weight excluding hydrogens is 597 g/mol. The van der Waals surface area contributed by atoms with Crippen LogP contribution in [0.5, 0.6) is 0 Å². The number of methoxy groups -OCH3 is 1. The quantitative estimate of drug-likeness (QED) is 0.143. The molecule has 3 heterocycles. The Hall–Kier alpha value is -1.83. The Morgan fingerprint density at radius 3 is 2.62 bits per heavy atom. The van der Waals surface area contributed by atoms with Crippen LogP contribution in [0.3, 0.4) is 0 Å². The molecule has 4 rings (SSSR count). The van der Waals surface area contributed by atoms with Gasteiger partial charge in [-0.05, 0) is 24.4 Å². The van der Waals surface area contributed by atoms with Crippen molar-refractivity contribution in [2.45, 2.75) is 61.6 Å². The highest BCUT2D eigenvalue weighted by atomic mass is 35.5. The van der Waals surface area contributed by atoms with Crippen molar-refractivity contribution < 1.29 is 47.8 Å². The molecule has 2 aromatic rings. The lowest BCUT2D eigenvalue weighted by Gasteiger charge is -2.31. The van der Waals surface area contributed by atoms with Crippen molar-refractivity contribution >= 4 is 51.9 Å². The minimum atomic E-state index is -5.50. The first kappa shape index (κ1) is 31.1. The smallest absolute Gasteiger partial charge is 0.369 e. The Labute approximate surface area is 233 Å². The molecule has 1 amide bonds. The second-order valence-corrected chi connectivity index (χ2v) is 13.7. The molecule has 1 aliphatic carbocycles. The summed E-state index contributed by atoms with van der Waals surface area (Å²) < 4.78 is 44.5. The average molecular weight is 628 g/mol. The number of halogens is 1. The van der Waals surface area contributed by atoms with E-state index in [1.165, 1.54) is 10.9 Å². The lowest BCUT2D eigenvalue weighted by molar-refractivity contribution is -0.149. The number of anilines is 1. The normalized spacial score (nSPS) is 27.0. The van der Waals surface area contributed by atoms with Crippen LogP contribution >= 0.6 is 19.2 Å². The van der Waals surface area contributed by atoms with Crippen LogP contribution in [0.2, 0.25) is 5.28 Å². The first-order valence-electron chi connectivity index (χ1n) is 12.1. The number of aliphatic hydroxyl groups is 2. The summed E-state index contributed by atoms with van der Waals surface area (Å²) in [5.41, 5.74) is 0.192. The number of fused-ring (bicyclic) bond motifs is 1. The highest BCUT2D eigenvalue weighted by Crippen LogP contribution is 2.52. The number of ether oxygens (including phenoxy) is 3. The molecule has 0 spiro atoms. The molecule has 1 saturated carbocycles.